The first-order valence-corrected chi connectivity index (χ1v) is 6.12. The molecule has 0 aliphatic heterocycles. The van der Waals surface area contributed by atoms with Gasteiger partial charge in [0, 0.05) is 18.9 Å². The van der Waals surface area contributed by atoms with Crippen LogP contribution in [0.5, 0.6) is 0 Å². The minimum absolute atomic E-state index is 0.149. The monoisotopic (exact) mass is 239 g/mol. The highest BCUT2D eigenvalue weighted by Gasteiger charge is 2.01. The van der Waals surface area contributed by atoms with Gasteiger partial charge in [0.1, 0.15) is 0 Å². The fourth-order valence-corrected chi connectivity index (χ4v) is 1.75. The molecule has 0 aliphatic carbocycles. The van der Waals surface area contributed by atoms with E-state index in [4.69, 9.17) is 6.42 Å². The van der Waals surface area contributed by atoms with Crippen LogP contribution in [0.1, 0.15) is 18.9 Å². The van der Waals surface area contributed by atoms with E-state index in [1.54, 1.807) is 6.20 Å². The number of benzene rings is 1. The second-order valence-corrected chi connectivity index (χ2v) is 4.13. The van der Waals surface area contributed by atoms with Gasteiger partial charge in [0.05, 0.1) is 11.7 Å². The number of hydrogen-bond donors (Lipinski definition) is 1. The van der Waals surface area contributed by atoms with E-state index in [1.165, 1.54) is 5.56 Å². The molecule has 0 fully saturated rings. The third-order valence-electron chi connectivity index (χ3n) is 2.87. The lowest BCUT2D eigenvalue weighted by Crippen LogP contribution is -2.26. The number of terminal acetylenes is 1. The summed E-state index contributed by atoms with van der Waals surface area (Å²) in [6.07, 6.45) is 10.1. The minimum Gasteiger partial charge on any atom is -0.300 e. The summed E-state index contributed by atoms with van der Waals surface area (Å²) >= 11 is 0. The number of nitrogens with one attached hydrogen (secondary N) is 1. The zero-order valence-electron chi connectivity index (χ0n) is 10.5. The van der Waals surface area contributed by atoms with Crippen LogP contribution in [0, 0.1) is 12.3 Å². The molecular formula is C15H17N3. The number of rotatable bonds is 5. The van der Waals surface area contributed by atoms with Gasteiger partial charge in [0.2, 0.25) is 0 Å². The van der Waals surface area contributed by atoms with Crippen molar-refractivity contribution < 1.29 is 0 Å². The first kappa shape index (κ1) is 12.4. The van der Waals surface area contributed by atoms with E-state index in [1.807, 2.05) is 16.9 Å². The van der Waals surface area contributed by atoms with Crippen LogP contribution in [0.3, 0.4) is 0 Å². The maximum Gasteiger partial charge on any atom is 0.0686 e. The Balaban J connectivity index is 1.98. The lowest BCUT2D eigenvalue weighted by molar-refractivity contribution is 0.592. The second kappa shape index (κ2) is 6.04. The zero-order valence-corrected chi connectivity index (χ0v) is 10.5. The van der Waals surface area contributed by atoms with Crippen molar-refractivity contribution in [2.75, 3.05) is 0 Å². The van der Waals surface area contributed by atoms with Crippen molar-refractivity contribution in [1.82, 2.24) is 15.1 Å². The Kier molecular flexibility index (Phi) is 4.16. The summed E-state index contributed by atoms with van der Waals surface area (Å²) in [6.45, 7) is 2.88. The Morgan fingerprint density at radius 1 is 1.39 bits per heavy atom. The first-order valence-electron chi connectivity index (χ1n) is 6.12. The Morgan fingerprint density at radius 3 is 2.72 bits per heavy atom. The van der Waals surface area contributed by atoms with Crippen LogP contribution in [0.25, 0.3) is 5.69 Å². The molecule has 2 rings (SSSR count). The highest BCUT2D eigenvalue weighted by atomic mass is 15.3. The van der Waals surface area contributed by atoms with Gasteiger partial charge < -0.3 is 0 Å². The van der Waals surface area contributed by atoms with Crippen LogP contribution in [-0.4, -0.2) is 15.8 Å². The topological polar surface area (TPSA) is 29.9 Å². The Hall–Kier alpha value is -2.05. The smallest absolute Gasteiger partial charge is 0.0686 e. The van der Waals surface area contributed by atoms with Crippen LogP contribution in [0.2, 0.25) is 0 Å². The Labute approximate surface area is 108 Å². The standard InChI is InChI=1S/C15H17N3/c1-3-14(4-2)16-12-13-6-8-15(9-7-13)18-11-5-10-17-18/h1,5-11,14,16H,4,12H2,2H3. The van der Waals surface area contributed by atoms with Crippen LogP contribution in [0.4, 0.5) is 0 Å². The molecule has 2 aromatic rings. The van der Waals surface area contributed by atoms with E-state index in [-0.39, 0.29) is 6.04 Å². The molecule has 1 aromatic carbocycles. The van der Waals surface area contributed by atoms with Gasteiger partial charge in [-0.2, -0.15) is 5.10 Å². The number of hydrogen-bond acceptors (Lipinski definition) is 2. The predicted molar refractivity (Wildman–Crippen MR) is 73.3 cm³/mol. The SMILES string of the molecule is C#CC(CC)NCc1ccc(-n2cccn2)cc1. The normalized spacial score (nSPS) is 12.0. The molecule has 1 aromatic heterocycles. The molecule has 3 nitrogen and oxygen atoms in total. The van der Waals surface area contributed by atoms with Gasteiger partial charge in [-0.1, -0.05) is 25.0 Å². The van der Waals surface area contributed by atoms with Gasteiger partial charge in [-0.25, -0.2) is 4.68 Å². The molecule has 3 heteroatoms. The lowest BCUT2D eigenvalue weighted by atomic mass is 10.2. The van der Waals surface area contributed by atoms with E-state index in [2.05, 4.69) is 47.5 Å². The molecule has 18 heavy (non-hydrogen) atoms. The summed E-state index contributed by atoms with van der Waals surface area (Å²) in [5.74, 6) is 2.73. The van der Waals surface area contributed by atoms with Crippen molar-refractivity contribution in [3.8, 4) is 18.0 Å². The molecule has 0 saturated heterocycles. The van der Waals surface area contributed by atoms with E-state index >= 15 is 0 Å². The number of aromatic nitrogens is 2. The number of nitrogens with zero attached hydrogens (tertiary/aromatic N) is 2. The average molecular weight is 239 g/mol. The van der Waals surface area contributed by atoms with Crippen LogP contribution >= 0.6 is 0 Å². The van der Waals surface area contributed by atoms with Crippen LogP contribution in [0.15, 0.2) is 42.7 Å². The summed E-state index contributed by atoms with van der Waals surface area (Å²) in [6, 6.07) is 10.4. The molecule has 1 unspecified atom stereocenters. The fraction of sp³-hybridized carbons (Fsp3) is 0.267. The van der Waals surface area contributed by atoms with Gasteiger partial charge in [-0.3, -0.25) is 5.32 Å². The maximum absolute atomic E-state index is 5.41. The van der Waals surface area contributed by atoms with Crippen molar-refractivity contribution in [1.29, 1.82) is 0 Å². The van der Waals surface area contributed by atoms with Gasteiger partial charge in [-0.15, -0.1) is 6.42 Å². The third-order valence-corrected chi connectivity index (χ3v) is 2.87. The molecule has 0 radical (unpaired) electrons. The van der Waals surface area contributed by atoms with E-state index in [0.717, 1.165) is 18.7 Å². The molecule has 0 amide bonds. The second-order valence-electron chi connectivity index (χ2n) is 4.13. The Morgan fingerprint density at radius 2 is 2.17 bits per heavy atom. The van der Waals surface area contributed by atoms with Gasteiger partial charge in [0.15, 0.2) is 0 Å². The van der Waals surface area contributed by atoms with E-state index in [0.29, 0.717) is 0 Å². The first-order chi connectivity index (χ1) is 8.83. The highest BCUT2D eigenvalue weighted by molar-refractivity contribution is 5.33. The lowest BCUT2D eigenvalue weighted by Gasteiger charge is -2.10. The minimum atomic E-state index is 0.149. The zero-order chi connectivity index (χ0) is 12.8. The highest BCUT2D eigenvalue weighted by Crippen LogP contribution is 2.08. The van der Waals surface area contributed by atoms with Gasteiger partial charge in [-0.05, 0) is 30.2 Å². The molecule has 0 bridgehead atoms. The summed E-state index contributed by atoms with van der Waals surface area (Å²) in [7, 11) is 0. The van der Waals surface area contributed by atoms with Gasteiger partial charge >= 0.3 is 0 Å². The summed E-state index contributed by atoms with van der Waals surface area (Å²) in [4.78, 5) is 0. The summed E-state index contributed by atoms with van der Waals surface area (Å²) in [5, 5.41) is 7.52. The molecule has 0 aliphatic rings. The summed E-state index contributed by atoms with van der Waals surface area (Å²) in [5.41, 5.74) is 2.28. The largest absolute Gasteiger partial charge is 0.300 e. The molecule has 1 heterocycles. The molecule has 1 atom stereocenters. The quantitative estimate of drug-likeness (QED) is 0.812. The Bertz CT molecular complexity index is 506. The van der Waals surface area contributed by atoms with E-state index in [9.17, 15) is 0 Å². The molecule has 0 spiro atoms. The molecular weight excluding hydrogens is 222 g/mol. The predicted octanol–water partition coefficient (Wildman–Crippen LogP) is 2.37. The van der Waals surface area contributed by atoms with E-state index < -0.39 is 0 Å². The van der Waals surface area contributed by atoms with Crippen molar-refractivity contribution in [3.05, 3.63) is 48.3 Å². The van der Waals surface area contributed by atoms with Crippen molar-refractivity contribution in [2.45, 2.75) is 25.9 Å². The molecule has 0 saturated carbocycles. The third kappa shape index (κ3) is 2.99. The summed E-state index contributed by atoms with van der Waals surface area (Å²) < 4.78 is 1.84. The van der Waals surface area contributed by atoms with Gasteiger partial charge in [0.25, 0.3) is 0 Å². The fourth-order valence-electron chi connectivity index (χ4n) is 1.75. The molecule has 92 valence electrons. The van der Waals surface area contributed by atoms with Crippen molar-refractivity contribution >= 4 is 0 Å². The van der Waals surface area contributed by atoms with Crippen molar-refractivity contribution in [3.63, 3.8) is 0 Å². The molecule has 1 N–H and O–H groups in total. The van der Waals surface area contributed by atoms with Crippen molar-refractivity contribution in [2.24, 2.45) is 0 Å². The average Bonchev–Trinajstić information content (AvgIpc) is 2.94. The maximum atomic E-state index is 5.41. The van der Waals surface area contributed by atoms with Crippen LogP contribution < -0.4 is 5.32 Å². The van der Waals surface area contributed by atoms with Crippen LogP contribution in [-0.2, 0) is 6.54 Å².